The van der Waals surface area contributed by atoms with Crippen molar-refractivity contribution in [2.75, 3.05) is 20.8 Å². The van der Waals surface area contributed by atoms with Crippen molar-refractivity contribution in [3.05, 3.63) is 23.8 Å². The first-order chi connectivity index (χ1) is 9.12. The van der Waals surface area contributed by atoms with Gasteiger partial charge in [-0.3, -0.25) is 4.79 Å². The third-order valence-electron chi connectivity index (χ3n) is 2.76. The molecule has 3 N–H and O–H groups in total. The Morgan fingerprint density at radius 1 is 1.32 bits per heavy atom. The van der Waals surface area contributed by atoms with E-state index in [-0.39, 0.29) is 18.4 Å². The zero-order valence-electron chi connectivity index (χ0n) is 11.8. The number of carbonyl (C=O) groups is 1. The highest BCUT2D eigenvalue weighted by Crippen LogP contribution is 2.30. The topological polar surface area (TPSA) is 72.4 Å². The van der Waals surface area contributed by atoms with E-state index in [9.17, 15) is 4.79 Å². The molecule has 0 aliphatic carbocycles. The van der Waals surface area contributed by atoms with E-state index >= 15 is 0 Å². The number of methoxy groups -OCH3 is 2. The molecule has 19 heavy (non-hydrogen) atoms. The Morgan fingerprint density at radius 3 is 2.63 bits per heavy atom. The van der Waals surface area contributed by atoms with Crippen LogP contribution in [0.15, 0.2) is 18.2 Å². The van der Waals surface area contributed by atoms with Gasteiger partial charge in [-0.2, -0.15) is 0 Å². The second kappa shape index (κ2) is 7.63. The first-order valence-corrected chi connectivity index (χ1v) is 6.33. The van der Waals surface area contributed by atoms with Gasteiger partial charge in [0.15, 0.2) is 11.5 Å². The number of quaternary nitrogens is 1. The van der Waals surface area contributed by atoms with Crippen molar-refractivity contribution < 1.29 is 24.7 Å². The Kier molecular flexibility index (Phi) is 6.15. The van der Waals surface area contributed by atoms with Gasteiger partial charge in [-0.05, 0) is 24.6 Å². The van der Waals surface area contributed by atoms with Crippen LogP contribution < -0.4 is 15.2 Å². The molecule has 1 atom stereocenters. The molecule has 5 heteroatoms. The van der Waals surface area contributed by atoms with Gasteiger partial charge in [0.2, 0.25) is 0 Å². The zero-order chi connectivity index (χ0) is 14.3. The van der Waals surface area contributed by atoms with Crippen molar-refractivity contribution in [3.63, 3.8) is 0 Å². The number of carbonyl (C=O) groups excluding carboxylic acids is 1. The molecular weight excluding hydrogens is 246 g/mol. The maximum Gasteiger partial charge on any atom is 0.311 e. The van der Waals surface area contributed by atoms with E-state index in [1.54, 1.807) is 7.11 Å². The summed E-state index contributed by atoms with van der Waals surface area (Å²) in [6.45, 7) is 2.69. The molecule has 0 aliphatic heterocycles. The van der Waals surface area contributed by atoms with Gasteiger partial charge in [0.1, 0.15) is 12.5 Å². The number of hydrogen-bond acceptors (Lipinski definition) is 4. The fraction of sp³-hybridized carbons (Fsp3) is 0.500. The summed E-state index contributed by atoms with van der Waals surface area (Å²) < 4.78 is 15.5. The van der Waals surface area contributed by atoms with Gasteiger partial charge < -0.3 is 19.9 Å². The van der Waals surface area contributed by atoms with Gasteiger partial charge in [-0.1, -0.05) is 6.92 Å². The van der Waals surface area contributed by atoms with Crippen LogP contribution in [-0.2, 0) is 9.53 Å². The number of rotatable bonds is 7. The Bertz CT molecular complexity index is 420. The number of hydrogen-bond donors (Lipinski definition) is 1. The van der Waals surface area contributed by atoms with Gasteiger partial charge in [0.25, 0.3) is 0 Å². The minimum absolute atomic E-state index is 0.165. The van der Waals surface area contributed by atoms with E-state index in [1.165, 1.54) is 7.11 Å². The summed E-state index contributed by atoms with van der Waals surface area (Å²) in [4.78, 5) is 11.2. The second-order valence-corrected chi connectivity index (χ2v) is 4.24. The lowest BCUT2D eigenvalue weighted by atomic mass is 10.0. The predicted octanol–water partition coefficient (Wildman–Crippen LogP) is 1.33. The number of esters is 1. The SMILES string of the molecule is CCCOc1ccc([C@H]([NH3+])CC(=O)OC)cc1OC. The third-order valence-corrected chi connectivity index (χ3v) is 2.76. The van der Waals surface area contributed by atoms with Crippen LogP contribution in [0.1, 0.15) is 31.4 Å². The van der Waals surface area contributed by atoms with E-state index in [4.69, 9.17) is 9.47 Å². The molecule has 106 valence electrons. The van der Waals surface area contributed by atoms with Crippen molar-refractivity contribution in [3.8, 4) is 11.5 Å². The predicted molar refractivity (Wildman–Crippen MR) is 71.0 cm³/mol. The molecule has 0 unspecified atom stereocenters. The molecule has 0 fully saturated rings. The summed E-state index contributed by atoms with van der Waals surface area (Å²) >= 11 is 0. The summed E-state index contributed by atoms with van der Waals surface area (Å²) in [7, 11) is 2.97. The maximum atomic E-state index is 11.2. The van der Waals surface area contributed by atoms with Crippen LogP contribution in [0.4, 0.5) is 0 Å². The summed E-state index contributed by atoms with van der Waals surface area (Å²) in [5.74, 6) is 1.09. The average Bonchev–Trinajstić information content (AvgIpc) is 2.44. The second-order valence-electron chi connectivity index (χ2n) is 4.24. The van der Waals surface area contributed by atoms with Crippen LogP contribution >= 0.6 is 0 Å². The molecule has 0 spiro atoms. The van der Waals surface area contributed by atoms with Crippen LogP contribution in [-0.4, -0.2) is 26.8 Å². The highest BCUT2D eigenvalue weighted by molar-refractivity contribution is 5.70. The van der Waals surface area contributed by atoms with E-state index in [2.05, 4.69) is 10.5 Å². The molecule has 0 aliphatic rings. The molecule has 1 rings (SSSR count). The van der Waals surface area contributed by atoms with Crippen molar-refractivity contribution >= 4 is 5.97 Å². The molecule has 0 bridgehead atoms. The Morgan fingerprint density at radius 2 is 2.05 bits per heavy atom. The molecule has 0 amide bonds. The number of ether oxygens (including phenoxy) is 3. The Balaban J connectivity index is 2.83. The van der Waals surface area contributed by atoms with E-state index in [1.807, 2.05) is 25.1 Å². The fourth-order valence-corrected chi connectivity index (χ4v) is 1.67. The van der Waals surface area contributed by atoms with Crippen LogP contribution in [0.3, 0.4) is 0 Å². The van der Waals surface area contributed by atoms with Gasteiger partial charge in [-0.15, -0.1) is 0 Å². The van der Waals surface area contributed by atoms with Crippen molar-refractivity contribution in [2.45, 2.75) is 25.8 Å². The minimum Gasteiger partial charge on any atom is -0.493 e. The molecule has 0 heterocycles. The van der Waals surface area contributed by atoms with Crippen LogP contribution in [0.2, 0.25) is 0 Å². The maximum absolute atomic E-state index is 11.2. The van der Waals surface area contributed by atoms with Crippen LogP contribution in [0, 0.1) is 0 Å². The van der Waals surface area contributed by atoms with E-state index < -0.39 is 0 Å². The van der Waals surface area contributed by atoms with Crippen LogP contribution in [0.5, 0.6) is 11.5 Å². The lowest BCUT2D eigenvalue weighted by molar-refractivity contribution is -0.425. The summed E-state index contributed by atoms with van der Waals surface area (Å²) in [5.41, 5.74) is 4.89. The molecule has 0 aromatic heterocycles. The molecule has 1 aromatic carbocycles. The smallest absolute Gasteiger partial charge is 0.311 e. The minimum atomic E-state index is -0.273. The normalized spacial score (nSPS) is 11.8. The molecule has 0 saturated carbocycles. The Hall–Kier alpha value is -1.75. The van der Waals surface area contributed by atoms with E-state index in [0.29, 0.717) is 18.1 Å². The lowest BCUT2D eigenvalue weighted by Crippen LogP contribution is -2.54. The summed E-state index contributed by atoms with van der Waals surface area (Å²) in [5, 5.41) is 0. The largest absolute Gasteiger partial charge is 0.493 e. The first-order valence-electron chi connectivity index (χ1n) is 6.33. The summed E-state index contributed by atoms with van der Waals surface area (Å²) in [6, 6.07) is 5.43. The van der Waals surface area contributed by atoms with Crippen LogP contribution in [0.25, 0.3) is 0 Å². The Labute approximate surface area is 113 Å². The fourth-order valence-electron chi connectivity index (χ4n) is 1.67. The zero-order valence-corrected chi connectivity index (χ0v) is 11.8. The van der Waals surface area contributed by atoms with Gasteiger partial charge in [0, 0.05) is 5.56 Å². The highest BCUT2D eigenvalue weighted by Gasteiger charge is 2.17. The molecular formula is C14H22NO4+. The first kappa shape index (κ1) is 15.3. The third kappa shape index (κ3) is 4.44. The standard InChI is InChI=1S/C14H21NO4/c1-4-7-19-12-6-5-10(8-13(12)17-2)11(15)9-14(16)18-3/h5-6,8,11H,4,7,9,15H2,1-3H3/p+1/t11-/m1/s1. The van der Waals surface area contributed by atoms with Crippen molar-refractivity contribution in [1.82, 2.24) is 0 Å². The summed E-state index contributed by atoms with van der Waals surface area (Å²) in [6.07, 6.45) is 1.18. The number of benzene rings is 1. The molecule has 0 radical (unpaired) electrons. The van der Waals surface area contributed by atoms with Gasteiger partial charge in [0.05, 0.1) is 20.8 Å². The molecule has 1 aromatic rings. The lowest BCUT2D eigenvalue weighted by Gasteiger charge is -2.13. The van der Waals surface area contributed by atoms with Gasteiger partial charge >= 0.3 is 5.97 Å². The quantitative estimate of drug-likeness (QED) is 0.757. The van der Waals surface area contributed by atoms with Crippen molar-refractivity contribution in [1.29, 1.82) is 0 Å². The highest BCUT2D eigenvalue weighted by atomic mass is 16.5. The monoisotopic (exact) mass is 268 g/mol. The van der Waals surface area contributed by atoms with Crippen molar-refractivity contribution in [2.24, 2.45) is 0 Å². The van der Waals surface area contributed by atoms with E-state index in [0.717, 1.165) is 12.0 Å². The molecule has 5 nitrogen and oxygen atoms in total. The average molecular weight is 268 g/mol. The van der Waals surface area contributed by atoms with Gasteiger partial charge in [-0.25, -0.2) is 0 Å². The molecule has 0 saturated heterocycles.